The Kier molecular flexibility index (Phi) is 5.00. The number of alkyl halides is 2. The maximum atomic E-state index is 13.5. The van der Waals surface area contributed by atoms with Gasteiger partial charge in [0.2, 0.25) is 0 Å². The molecule has 1 unspecified atom stereocenters. The highest BCUT2D eigenvalue weighted by Crippen LogP contribution is 2.48. The Hall–Kier alpha value is -2.96. The summed E-state index contributed by atoms with van der Waals surface area (Å²) >= 11 is 0. The number of halogens is 2. The minimum atomic E-state index is -2.90. The van der Waals surface area contributed by atoms with Gasteiger partial charge in [-0.1, -0.05) is 44.2 Å². The Morgan fingerprint density at radius 3 is 2.43 bits per heavy atom. The Labute approximate surface area is 174 Å². The van der Waals surface area contributed by atoms with Gasteiger partial charge in [-0.25, -0.2) is 4.99 Å². The lowest BCUT2D eigenvalue weighted by atomic mass is 9.80. The van der Waals surface area contributed by atoms with E-state index in [1.807, 2.05) is 24.3 Å². The third-order valence-corrected chi connectivity index (χ3v) is 5.87. The van der Waals surface area contributed by atoms with E-state index in [1.165, 1.54) is 11.0 Å². The fourth-order valence-electron chi connectivity index (χ4n) is 4.00. The van der Waals surface area contributed by atoms with Crippen LogP contribution in [0.3, 0.4) is 0 Å². The van der Waals surface area contributed by atoms with Gasteiger partial charge in [0.15, 0.2) is 11.5 Å². The zero-order valence-electron chi connectivity index (χ0n) is 17.2. The van der Waals surface area contributed by atoms with Crippen LogP contribution in [0.1, 0.15) is 60.8 Å². The van der Waals surface area contributed by atoms with Crippen molar-refractivity contribution in [2.24, 2.45) is 10.7 Å². The molecule has 0 aromatic heterocycles. The number of guanidine groups is 1. The molecule has 5 nitrogen and oxygen atoms in total. The summed E-state index contributed by atoms with van der Waals surface area (Å²) in [4.78, 5) is 19.4. The van der Waals surface area contributed by atoms with Crippen molar-refractivity contribution in [2.45, 2.75) is 50.7 Å². The summed E-state index contributed by atoms with van der Waals surface area (Å²) in [7, 11) is 1.59. The summed E-state index contributed by atoms with van der Waals surface area (Å²) in [6, 6.07) is 12.7. The number of ether oxygens (including phenoxy) is 1. The van der Waals surface area contributed by atoms with Gasteiger partial charge in [0.25, 0.3) is 5.91 Å². The van der Waals surface area contributed by atoms with E-state index in [0.717, 1.165) is 18.4 Å². The molecule has 1 aliphatic heterocycles. The third kappa shape index (κ3) is 3.32. The number of hydrogen-bond donors (Lipinski definition) is 1. The number of carbonyl (C=O) groups is 1. The minimum absolute atomic E-state index is 0.121. The number of amides is 1. The molecule has 0 spiro atoms. The second-order valence-electron chi connectivity index (χ2n) is 8.23. The van der Waals surface area contributed by atoms with Crippen molar-refractivity contribution >= 4 is 11.9 Å². The molecule has 2 aromatic rings. The predicted octanol–water partition coefficient (Wildman–Crippen LogP) is 4.32. The summed E-state index contributed by atoms with van der Waals surface area (Å²) in [6.07, 6.45) is 1.80. The quantitative estimate of drug-likeness (QED) is 0.767. The van der Waals surface area contributed by atoms with Crippen molar-refractivity contribution in [3.8, 4) is 5.75 Å². The maximum absolute atomic E-state index is 13.5. The van der Waals surface area contributed by atoms with Crippen molar-refractivity contribution in [3.05, 3.63) is 64.7 Å². The van der Waals surface area contributed by atoms with Gasteiger partial charge < -0.3 is 10.5 Å². The second-order valence-corrected chi connectivity index (χ2v) is 8.23. The smallest absolute Gasteiger partial charge is 0.387 e. The molecule has 1 amide bonds. The number of likely N-dealkylation sites (N-methyl/N-ethyl adjacent to an activating group) is 1. The number of carbonyl (C=O) groups excluding carboxylic acids is 1. The van der Waals surface area contributed by atoms with Gasteiger partial charge in [-0.05, 0) is 59.1 Å². The molecule has 2 aliphatic rings. The fraction of sp³-hybridized carbons (Fsp3) is 0.391. The van der Waals surface area contributed by atoms with Crippen LogP contribution < -0.4 is 10.5 Å². The first kappa shape index (κ1) is 20.3. The van der Waals surface area contributed by atoms with Crippen LogP contribution >= 0.6 is 0 Å². The van der Waals surface area contributed by atoms with Gasteiger partial charge in [0.05, 0.1) is 0 Å². The average Bonchev–Trinajstić information content (AvgIpc) is 3.52. The molecule has 7 heteroatoms. The molecule has 1 atom stereocenters. The van der Waals surface area contributed by atoms with E-state index >= 15 is 0 Å². The van der Waals surface area contributed by atoms with Crippen LogP contribution in [0, 0.1) is 0 Å². The monoisotopic (exact) mass is 413 g/mol. The minimum Gasteiger partial charge on any atom is -0.435 e. The number of rotatable bonds is 6. The lowest BCUT2D eigenvalue weighted by Crippen LogP contribution is -2.41. The number of nitrogens with two attached hydrogens (primary N) is 1. The van der Waals surface area contributed by atoms with Gasteiger partial charge in [-0.3, -0.25) is 9.69 Å². The molecule has 2 N–H and O–H groups in total. The summed E-state index contributed by atoms with van der Waals surface area (Å²) in [5, 5.41) is 0. The van der Waals surface area contributed by atoms with E-state index in [9.17, 15) is 13.6 Å². The van der Waals surface area contributed by atoms with Gasteiger partial charge >= 0.3 is 6.61 Å². The molecule has 1 heterocycles. The Morgan fingerprint density at radius 1 is 1.17 bits per heavy atom. The SMILES string of the molecule is CC(C)c1cccc(C2(c3ccc(OC(F)F)c(C4CC4)c3)N=C(N)N(C)C2=O)c1. The molecule has 0 radical (unpaired) electrons. The van der Waals surface area contributed by atoms with Crippen LogP contribution in [-0.4, -0.2) is 30.4 Å². The number of hydrogen-bond acceptors (Lipinski definition) is 4. The summed E-state index contributed by atoms with van der Waals surface area (Å²) in [5.41, 5.74) is 7.76. The second kappa shape index (κ2) is 7.38. The molecule has 0 bridgehead atoms. The highest BCUT2D eigenvalue weighted by molar-refractivity contribution is 6.09. The van der Waals surface area contributed by atoms with Crippen molar-refractivity contribution in [1.82, 2.24) is 4.90 Å². The van der Waals surface area contributed by atoms with Crippen molar-refractivity contribution in [3.63, 3.8) is 0 Å². The average molecular weight is 413 g/mol. The van der Waals surface area contributed by atoms with Gasteiger partial charge in [0, 0.05) is 7.05 Å². The number of nitrogens with zero attached hydrogens (tertiary/aromatic N) is 2. The Balaban J connectivity index is 1.91. The predicted molar refractivity (Wildman–Crippen MR) is 111 cm³/mol. The summed E-state index contributed by atoms with van der Waals surface area (Å²) < 4.78 is 30.5. The van der Waals surface area contributed by atoms with Crippen molar-refractivity contribution < 1.29 is 18.3 Å². The lowest BCUT2D eigenvalue weighted by Gasteiger charge is -2.28. The molecule has 2 aromatic carbocycles. The zero-order valence-corrected chi connectivity index (χ0v) is 17.2. The van der Waals surface area contributed by atoms with Crippen LogP contribution in [0.2, 0.25) is 0 Å². The van der Waals surface area contributed by atoms with Crippen molar-refractivity contribution in [1.29, 1.82) is 0 Å². The van der Waals surface area contributed by atoms with Crippen molar-refractivity contribution in [2.75, 3.05) is 7.05 Å². The first-order valence-corrected chi connectivity index (χ1v) is 10.1. The van der Waals surface area contributed by atoms with E-state index in [-0.39, 0.29) is 29.5 Å². The third-order valence-electron chi connectivity index (χ3n) is 5.87. The van der Waals surface area contributed by atoms with E-state index in [2.05, 4.69) is 18.8 Å². The summed E-state index contributed by atoms with van der Waals surface area (Å²) in [5.74, 6) is 0.411. The van der Waals surface area contributed by atoms with E-state index in [0.29, 0.717) is 16.7 Å². The van der Waals surface area contributed by atoms with Gasteiger partial charge in [-0.2, -0.15) is 8.78 Å². The maximum Gasteiger partial charge on any atom is 0.387 e. The van der Waals surface area contributed by atoms with Crippen LogP contribution in [0.5, 0.6) is 5.75 Å². The topological polar surface area (TPSA) is 67.9 Å². The summed E-state index contributed by atoms with van der Waals surface area (Å²) in [6.45, 7) is 1.25. The standard InChI is InChI=1S/C23H25F2N3O2/c1-13(2)15-5-4-6-16(11-15)23(20(29)28(3)22(26)27-23)17-9-10-19(30-21(24)25)18(12-17)14-7-8-14/h4-6,9-14,21H,7-8H2,1-3H3,(H2,26,27). The van der Waals surface area contributed by atoms with Crippen LogP contribution in [-0.2, 0) is 10.3 Å². The molecule has 1 fully saturated rings. The number of aliphatic imine (C=N–C) groups is 1. The van der Waals surface area contributed by atoms with E-state index < -0.39 is 12.2 Å². The molecule has 30 heavy (non-hydrogen) atoms. The first-order chi connectivity index (χ1) is 14.2. The van der Waals surface area contributed by atoms with E-state index in [4.69, 9.17) is 10.5 Å². The molecule has 4 rings (SSSR count). The van der Waals surface area contributed by atoms with E-state index in [1.54, 1.807) is 19.2 Å². The molecule has 1 saturated carbocycles. The highest BCUT2D eigenvalue weighted by Gasteiger charge is 2.50. The zero-order chi connectivity index (χ0) is 21.6. The Morgan fingerprint density at radius 2 is 1.87 bits per heavy atom. The molecular formula is C23H25F2N3O2. The number of benzene rings is 2. The Bertz CT molecular complexity index is 1020. The first-order valence-electron chi connectivity index (χ1n) is 10.1. The lowest BCUT2D eigenvalue weighted by molar-refractivity contribution is -0.129. The normalized spacial score (nSPS) is 21.5. The molecule has 158 valence electrons. The van der Waals surface area contributed by atoms with Crippen LogP contribution in [0.25, 0.3) is 0 Å². The van der Waals surface area contributed by atoms with Gasteiger partial charge in [0.1, 0.15) is 5.75 Å². The molecule has 1 aliphatic carbocycles. The molecular weight excluding hydrogens is 388 g/mol. The largest absolute Gasteiger partial charge is 0.435 e. The van der Waals surface area contributed by atoms with Gasteiger partial charge in [-0.15, -0.1) is 0 Å². The fourth-order valence-corrected chi connectivity index (χ4v) is 4.00. The van der Waals surface area contributed by atoms with Crippen LogP contribution in [0.15, 0.2) is 47.5 Å². The van der Waals surface area contributed by atoms with Crippen LogP contribution in [0.4, 0.5) is 8.78 Å². The highest BCUT2D eigenvalue weighted by atomic mass is 19.3. The molecule has 0 saturated heterocycles.